The average molecular weight is 294 g/mol. The molecule has 0 bridgehead atoms. The molecule has 0 aliphatic heterocycles. The molecule has 3 N–H and O–H groups in total. The van der Waals surface area contributed by atoms with Crippen LogP contribution >= 0.6 is 0 Å². The van der Waals surface area contributed by atoms with Gasteiger partial charge in [0.1, 0.15) is 0 Å². The number of nitrogens with two attached hydrogens (primary N) is 1. The van der Waals surface area contributed by atoms with Gasteiger partial charge in [0, 0.05) is 6.04 Å². The average Bonchev–Trinajstić information content (AvgIpc) is 2.46. The van der Waals surface area contributed by atoms with Crippen LogP contribution in [-0.4, -0.2) is 31.7 Å². The molecular weight excluding hydrogens is 268 g/mol. The molecule has 0 heterocycles. The van der Waals surface area contributed by atoms with Crippen LogP contribution in [0.3, 0.4) is 0 Å². The molecule has 0 radical (unpaired) electrons. The number of rotatable bonds is 8. The number of ether oxygens (including phenoxy) is 2. The maximum atomic E-state index is 11.9. The second-order valence-electron chi connectivity index (χ2n) is 5.52. The molecule has 0 spiro atoms. The highest BCUT2D eigenvalue weighted by atomic mass is 16.5. The molecule has 0 saturated heterocycles. The number of methoxy groups -OCH3 is 2. The number of benzene rings is 1. The Hall–Kier alpha value is -1.75. The van der Waals surface area contributed by atoms with Crippen LogP contribution in [0.4, 0.5) is 0 Å². The lowest BCUT2D eigenvalue weighted by molar-refractivity contribution is -0.124. The van der Waals surface area contributed by atoms with E-state index in [0.717, 1.165) is 12.0 Å². The largest absolute Gasteiger partial charge is 0.493 e. The maximum Gasteiger partial charge on any atom is 0.237 e. The van der Waals surface area contributed by atoms with Crippen LogP contribution in [0.1, 0.15) is 32.8 Å². The predicted octanol–water partition coefficient (Wildman–Crippen LogP) is 1.88. The van der Waals surface area contributed by atoms with Gasteiger partial charge < -0.3 is 20.5 Å². The molecule has 1 aromatic carbocycles. The van der Waals surface area contributed by atoms with Gasteiger partial charge in [0.25, 0.3) is 0 Å². The van der Waals surface area contributed by atoms with Crippen LogP contribution in [0.2, 0.25) is 0 Å². The third-order valence-electron chi connectivity index (χ3n) is 3.73. The molecule has 0 saturated carbocycles. The van der Waals surface area contributed by atoms with Gasteiger partial charge in [0.05, 0.1) is 19.8 Å². The number of carbonyl (C=O) groups excluding carboxylic acids is 1. The first-order valence-electron chi connectivity index (χ1n) is 7.14. The van der Waals surface area contributed by atoms with Gasteiger partial charge in [-0.3, -0.25) is 4.79 Å². The zero-order valence-electron chi connectivity index (χ0n) is 13.5. The topological polar surface area (TPSA) is 73.6 Å². The van der Waals surface area contributed by atoms with E-state index in [2.05, 4.69) is 12.2 Å². The summed E-state index contributed by atoms with van der Waals surface area (Å²) in [6.07, 6.45) is 1.42. The quantitative estimate of drug-likeness (QED) is 0.768. The molecule has 118 valence electrons. The molecule has 21 heavy (non-hydrogen) atoms. The fourth-order valence-electron chi connectivity index (χ4n) is 2.25. The van der Waals surface area contributed by atoms with Crippen LogP contribution in [0.25, 0.3) is 0 Å². The number of hydrogen-bond acceptors (Lipinski definition) is 4. The van der Waals surface area contributed by atoms with Gasteiger partial charge in [-0.1, -0.05) is 13.0 Å². The molecule has 5 heteroatoms. The lowest BCUT2D eigenvalue weighted by Gasteiger charge is -2.31. The van der Waals surface area contributed by atoms with Crippen molar-refractivity contribution in [3.63, 3.8) is 0 Å². The van der Waals surface area contributed by atoms with Crippen LogP contribution in [0, 0.1) is 0 Å². The standard InChI is InChI=1S/C16H26N2O3/c1-6-11(2)18-16(3,15(17)19)10-12-7-8-13(20-4)14(9-12)21-5/h7-9,11,18H,6,10H2,1-5H3,(H2,17,19). The van der Waals surface area contributed by atoms with E-state index in [1.54, 1.807) is 14.2 Å². The fourth-order valence-corrected chi connectivity index (χ4v) is 2.25. The predicted molar refractivity (Wildman–Crippen MR) is 83.7 cm³/mol. The van der Waals surface area contributed by atoms with Gasteiger partial charge in [0.15, 0.2) is 11.5 Å². The van der Waals surface area contributed by atoms with E-state index in [9.17, 15) is 4.79 Å². The maximum absolute atomic E-state index is 11.9. The Labute approximate surface area is 126 Å². The molecular formula is C16H26N2O3. The van der Waals surface area contributed by atoms with Gasteiger partial charge in [-0.25, -0.2) is 0 Å². The van der Waals surface area contributed by atoms with E-state index in [4.69, 9.17) is 15.2 Å². The van der Waals surface area contributed by atoms with Crippen LogP contribution in [0.15, 0.2) is 18.2 Å². The van der Waals surface area contributed by atoms with Crippen molar-refractivity contribution >= 4 is 5.91 Å². The van der Waals surface area contributed by atoms with E-state index < -0.39 is 5.54 Å². The molecule has 1 rings (SSSR count). The molecule has 0 fully saturated rings. The van der Waals surface area contributed by atoms with Gasteiger partial charge >= 0.3 is 0 Å². The second-order valence-corrected chi connectivity index (χ2v) is 5.52. The highest BCUT2D eigenvalue weighted by Gasteiger charge is 2.32. The summed E-state index contributed by atoms with van der Waals surface area (Å²) in [5.74, 6) is 0.944. The third kappa shape index (κ3) is 4.36. The molecule has 2 unspecified atom stereocenters. The number of primary amides is 1. The second kappa shape index (κ2) is 7.31. The number of hydrogen-bond donors (Lipinski definition) is 2. The molecule has 2 atom stereocenters. The van der Waals surface area contributed by atoms with Crippen molar-refractivity contribution in [2.24, 2.45) is 5.73 Å². The van der Waals surface area contributed by atoms with Crippen molar-refractivity contribution in [2.45, 2.75) is 45.2 Å². The van der Waals surface area contributed by atoms with E-state index in [1.807, 2.05) is 32.0 Å². The summed E-state index contributed by atoms with van der Waals surface area (Å²) < 4.78 is 10.5. The first-order valence-corrected chi connectivity index (χ1v) is 7.14. The molecule has 5 nitrogen and oxygen atoms in total. The summed E-state index contributed by atoms with van der Waals surface area (Å²) in [7, 11) is 3.18. The zero-order valence-corrected chi connectivity index (χ0v) is 13.5. The Kier molecular flexibility index (Phi) is 6.03. The van der Waals surface area contributed by atoms with E-state index in [1.165, 1.54) is 0 Å². The minimum absolute atomic E-state index is 0.211. The van der Waals surface area contributed by atoms with Gasteiger partial charge in [-0.2, -0.15) is 0 Å². The summed E-state index contributed by atoms with van der Waals surface area (Å²) in [6, 6.07) is 5.83. The normalized spacial score (nSPS) is 15.1. The van der Waals surface area contributed by atoms with Crippen molar-refractivity contribution in [3.05, 3.63) is 23.8 Å². The fraction of sp³-hybridized carbons (Fsp3) is 0.562. The third-order valence-corrected chi connectivity index (χ3v) is 3.73. The first kappa shape index (κ1) is 17.3. The summed E-state index contributed by atoms with van der Waals surface area (Å²) in [5, 5.41) is 3.31. The van der Waals surface area contributed by atoms with E-state index in [0.29, 0.717) is 17.9 Å². The van der Waals surface area contributed by atoms with Gasteiger partial charge in [-0.15, -0.1) is 0 Å². The lowest BCUT2D eigenvalue weighted by Crippen LogP contribution is -2.57. The SMILES string of the molecule is CCC(C)NC(C)(Cc1ccc(OC)c(OC)c1)C(N)=O. The Bertz CT molecular complexity index is 490. The molecule has 1 aromatic rings. The smallest absolute Gasteiger partial charge is 0.237 e. The van der Waals surface area contributed by atoms with E-state index >= 15 is 0 Å². The summed E-state index contributed by atoms with van der Waals surface area (Å²) in [5.41, 5.74) is 5.76. The zero-order chi connectivity index (χ0) is 16.0. The molecule has 0 aromatic heterocycles. The molecule has 0 aliphatic carbocycles. The minimum Gasteiger partial charge on any atom is -0.493 e. The van der Waals surface area contributed by atoms with E-state index in [-0.39, 0.29) is 11.9 Å². The highest BCUT2D eigenvalue weighted by Crippen LogP contribution is 2.29. The summed E-state index contributed by atoms with van der Waals surface area (Å²) >= 11 is 0. The first-order chi connectivity index (χ1) is 9.86. The van der Waals surface area contributed by atoms with Crippen LogP contribution in [-0.2, 0) is 11.2 Å². The van der Waals surface area contributed by atoms with Crippen molar-refractivity contribution in [2.75, 3.05) is 14.2 Å². The summed E-state index contributed by atoms with van der Waals surface area (Å²) in [6.45, 7) is 5.93. The molecule has 1 amide bonds. The number of carbonyl (C=O) groups is 1. The molecule has 0 aliphatic rings. The lowest BCUT2D eigenvalue weighted by atomic mass is 9.90. The van der Waals surface area contributed by atoms with Crippen molar-refractivity contribution < 1.29 is 14.3 Å². The van der Waals surface area contributed by atoms with Gasteiger partial charge in [-0.05, 0) is 44.4 Å². The minimum atomic E-state index is -0.797. The van der Waals surface area contributed by atoms with Crippen LogP contribution < -0.4 is 20.5 Å². The van der Waals surface area contributed by atoms with Gasteiger partial charge in [0.2, 0.25) is 5.91 Å². The van der Waals surface area contributed by atoms with Crippen molar-refractivity contribution in [1.29, 1.82) is 0 Å². The van der Waals surface area contributed by atoms with Crippen molar-refractivity contribution in [3.8, 4) is 11.5 Å². The Morgan fingerprint density at radius 3 is 2.43 bits per heavy atom. The Morgan fingerprint density at radius 1 is 1.33 bits per heavy atom. The van der Waals surface area contributed by atoms with Crippen LogP contribution in [0.5, 0.6) is 11.5 Å². The number of amides is 1. The highest BCUT2D eigenvalue weighted by molar-refractivity contribution is 5.84. The summed E-state index contributed by atoms with van der Waals surface area (Å²) in [4.78, 5) is 11.9. The Balaban J connectivity index is 3.01. The number of nitrogens with one attached hydrogen (secondary N) is 1. The Morgan fingerprint density at radius 2 is 1.95 bits per heavy atom. The van der Waals surface area contributed by atoms with Crippen molar-refractivity contribution in [1.82, 2.24) is 5.32 Å². The monoisotopic (exact) mass is 294 g/mol.